The van der Waals surface area contributed by atoms with Gasteiger partial charge in [0.1, 0.15) is 0 Å². The molecular weight excluding hydrogens is 374 g/mol. The van der Waals surface area contributed by atoms with E-state index in [9.17, 15) is 13.2 Å². The molecule has 3 aromatic rings. The molecule has 0 unspecified atom stereocenters. The lowest BCUT2D eigenvalue weighted by Crippen LogP contribution is -2.26. The van der Waals surface area contributed by atoms with Crippen molar-refractivity contribution in [3.8, 4) is 0 Å². The van der Waals surface area contributed by atoms with Gasteiger partial charge in [0, 0.05) is 18.9 Å². The van der Waals surface area contributed by atoms with Gasteiger partial charge >= 0.3 is 0 Å². The van der Waals surface area contributed by atoms with E-state index < -0.39 is 15.7 Å². The second-order valence-electron chi connectivity index (χ2n) is 6.47. The summed E-state index contributed by atoms with van der Waals surface area (Å²) in [6.45, 7) is 2.70. The molecule has 0 fully saturated rings. The van der Waals surface area contributed by atoms with Gasteiger partial charge in [-0.2, -0.15) is 5.10 Å². The lowest BCUT2D eigenvalue weighted by Gasteiger charge is -2.13. The Bertz CT molecular complexity index is 1040. The average Bonchev–Trinajstić information content (AvgIpc) is 3.20. The maximum Gasteiger partial charge on any atom is 0.252 e. The number of carbonyl (C=O) groups is 1. The molecule has 0 radical (unpaired) electrons. The third kappa shape index (κ3) is 4.67. The van der Waals surface area contributed by atoms with Crippen molar-refractivity contribution >= 4 is 15.7 Å². The Labute approximate surface area is 165 Å². The Balaban J connectivity index is 1.77. The van der Waals surface area contributed by atoms with E-state index in [1.54, 1.807) is 31.3 Å². The lowest BCUT2D eigenvalue weighted by molar-refractivity contribution is 0.0947. The van der Waals surface area contributed by atoms with Gasteiger partial charge in [0.15, 0.2) is 9.84 Å². The number of rotatable bonds is 8. The second kappa shape index (κ2) is 8.84. The van der Waals surface area contributed by atoms with Crippen molar-refractivity contribution in [2.45, 2.75) is 31.3 Å². The molecule has 6 nitrogen and oxygen atoms in total. The molecule has 0 bridgehead atoms. The second-order valence-corrected chi connectivity index (χ2v) is 8.55. The molecule has 1 aromatic heterocycles. The monoisotopic (exact) mass is 397 g/mol. The number of hydrogen-bond donors (Lipinski definition) is 1. The van der Waals surface area contributed by atoms with Crippen LogP contribution in [-0.4, -0.2) is 29.9 Å². The molecule has 1 amide bonds. The first-order chi connectivity index (χ1) is 13.5. The number of sulfone groups is 1. The minimum atomic E-state index is -3.48. The molecule has 146 valence electrons. The van der Waals surface area contributed by atoms with Crippen LogP contribution in [0, 0.1) is 0 Å². The highest BCUT2D eigenvalue weighted by Gasteiger charge is 2.21. The molecule has 0 spiro atoms. The molecule has 2 aromatic carbocycles. The summed E-state index contributed by atoms with van der Waals surface area (Å²) in [6.07, 6.45) is 4.10. The predicted octanol–water partition coefficient (Wildman–Crippen LogP) is 3.05. The quantitative estimate of drug-likeness (QED) is 0.633. The van der Waals surface area contributed by atoms with Crippen LogP contribution in [0.25, 0.3) is 0 Å². The number of hydrogen-bond acceptors (Lipinski definition) is 4. The van der Waals surface area contributed by atoms with E-state index in [1.807, 2.05) is 41.2 Å². The summed E-state index contributed by atoms with van der Waals surface area (Å²) in [5.41, 5.74) is 2.18. The van der Waals surface area contributed by atoms with Crippen LogP contribution in [0.4, 0.5) is 0 Å². The largest absolute Gasteiger partial charge is 0.348 e. The normalized spacial score (nSPS) is 11.3. The van der Waals surface area contributed by atoms with Crippen molar-refractivity contribution < 1.29 is 13.2 Å². The Morgan fingerprint density at radius 3 is 2.46 bits per heavy atom. The molecule has 0 saturated carbocycles. The van der Waals surface area contributed by atoms with Crippen LogP contribution in [0.2, 0.25) is 0 Å². The molecular formula is C21H23N3O3S. The molecule has 28 heavy (non-hydrogen) atoms. The zero-order valence-electron chi connectivity index (χ0n) is 15.7. The van der Waals surface area contributed by atoms with Crippen LogP contribution in [-0.2, 0) is 22.9 Å². The van der Waals surface area contributed by atoms with Crippen LogP contribution in [0.1, 0.15) is 34.8 Å². The Morgan fingerprint density at radius 1 is 1.04 bits per heavy atom. The highest BCUT2D eigenvalue weighted by molar-refractivity contribution is 7.91. The summed E-state index contributed by atoms with van der Waals surface area (Å²) in [7, 11) is -3.48. The number of aromatic nitrogens is 2. The molecule has 1 N–H and O–H groups in total. The maximum absolute atomic E-state index is 12.7. The number of nitrogens with one attached hydrogen (secondary N) is 1. The third-order valence-electron chi connectivity index (χ3n) is 4.39. The van der Waals surface area contributed by atoms with Crippen LogP contribution in [0.3, 0.4) is 0 Å². The summed E-state index contributed by atoms with van der Waals surface area (Å²) in [5.74, 6) is -0.381. The van der Waals surface area contributed by atoms with Gasteiger partial charge in [0.05, 0.1) is 22.8 Å². The molecule has 1 heterocycles. The van der Waals surface area contributed by atoms with Crippen molar-refractivity contribution in [1.29, 1.82) is 0 Å². The Morgan fingerprint density at radius 2 is 1.75 bits per heavy atom. The highest BCUT2D eigenvalue weighted by atomic mass is 32.2. The molecule has 0 aliphatic rings. The smallest absolute Gasteiger partial charge is 0.252 e. The van der Waals surface area contributed by atoms with Crippen LogP contribution in [0.5, 0.6) is 0 Å². The van der Waals surface area contributed by atoms with Crippen molar-refractivity contribution in [3.63, 3.8) is 0 Å². The first-order valence-corrected chi connectivity index (χ1v) is 10.8. The zero-order valence-corrected chi connectivity index (χ0v) is 16.5. The molecule has 7 heteroatoms. The SMILES string of the molecule is CCCS(=O)(=O)c1ccccc1C(=O)NCc1ccccc1Cn1cccn1. The summed E-state index contributed by atoms with van der Waals surface area (Å²) in [5, 5.41) is 7.07. The van der Waals surface area contributed by atoms with Gasteiger partial charge in [0.2, 0.25) is 0 Å². The van der Waals surface area contributed by atoms with Gasteiger partial charge in [-0.05, 0) is 35.7 Å². The molecule has 0 saturated heterocycles. The Kier molecular flexibility index (Phi) is 6.26. The summed E-state index contributed by atoms with van der Waals surface area (Å²) < 4.78 is 26.8. The molecule has 0 aliphatic heterocycles. The van der Waals surface area contributed by atoms with E-state index in [0.717, 1.165) is 11.1 Å². The van der Waals surface area contributed by atoms with E-state index in [-0.39, 0.29) is 16.2 Å². The fraction of sp³-hybridized carbons (Fsp3) is 0.238. The van der Waals surface area contributed by atoms with Crippen LogP contribution < -0.4 is 5.32 Å². The third-order valence-corrected chi connectivity index (χ3v) is 6.36. The summed E-state index contributed by atoms with van der Waals surface area (Å²) in [4.78, 5) is 12.8. The summed E-state index contributed by atoms with van der Waals surface area (Å²) in [6, 6.07) is 16.0. The number of carbonyl (C=O) groups excluding carboxylic acids is 1. The molecule has 3 rings (SSSR count). The summed E-state index contributed by atoms with van der Waals surface area (Å²) >= 11 is 0. The van der Waals surface area contributed by atoms with Gasteiger partial charge < -0.3 is 5.32 Å². The van der Waals surface area contributed by atoms with Crippen LogP contribution in [0.15, 0.2) is 71.9 Å². The van der Waals surface area contributed by atoms with E-state index in [2.05, 4.69) is 10.4 Å². The van der Waals surface area contributed by atoms with Gasteiger partial charge in [-0.1, -0.05) is 43.3 Å². The number of benzene rings is 2. The van der Waals surface area contributed by atoms with Gasteiger partial charge in [-0.15, -0.1) is 0 Å². The van der Waals surface area contributed by atoms with Crippen molar-refractivity contribution in [2.24, 2.45) is 0 Å². The van der Waals surface area contributed by atoms with E-state index >= 15 is 0 Å². The number of nitrogens with zero attached hydrogens (tertiary/aromatic N) is 2. The van der Waals surface area contributed by atoms with Gasteiger partial charge in [-0.25, -0.2) is 8.42 Å². The van der Waals surface area contributed by atoms with E-state index in [4.69, 9.17) is 0 Å². The van der Waals surface area contributed by atoms with E-state index in [1.165, 1.54) is 6.07 Å². The van der Waals surface area contributed by atoms with Crippen molar-refractivity contribution in [3.05, 3.63) is 83.7 Å². The average molecular weight is 398 g/mol. The first kappa shape index (κ1) is 19.8. The highest BCUT2D eigenvalue weighted by Crippen LogP contribution is 2.18. The van der Waals surface area contributed by atoms with Crippen LogP contribution >= 0.6 is 0 Å². The first-order valence-electron chi connectivity index (χ1n) is 9.15. The minimum Gasteiger partial charge on any atom is -0.348 e. The van der Waals surface area contributed by atoms with Gasteiger partial charge in [-0.3, -0.25) is 9.48 Å². The lowest BCUT2D eigenvalue weighted by atomic mass is 10.1. The van der Waals surface area contributed by atoms with E-state index in [0.29, 0.717) is 19.5 Å². The van der Waals surface area contributed by atoms with Crippen molar-refractivity contribution in [2.75, 3.05) is 5.75 Å². The fourth-order valence-corrected chi connectivity index (χ4v) is 4.57. The predicted molar refractivity (Wildman–Crippen MR) is 108 cm³/mol. The number of amides is 1. The fourth-order valence-electron chi connectivity index (χ4n) is 3.03. The standard InChI is InChI=1S/C21H23N3O3S/c1-2-14-28(26,27)20-11-6-5-10-19(20)21(25)22-15-17-8-3-4-9-18(17)16-24-13-7-12-23-24/h3-13H,2,14-16H2,1H3,(H,22,25). The molecule has 0 aliphatic carbocycles. The maximum atomic E-state index is 12.7. The minimum absolute atomic E-state index is 0.0179. The van der Waals surface area contributed by atoms with Crippen molar-refractivity contribution in [1.82, 2.24) is 15.1 Å². The molecule has 0 atom stereocenters. The topological polar surface area (TPSA) is 81.1 Å². The zero-order chi connectivity index (χ0) is 20.0. The van der Waals surface area contributed by atoms with Gasteiger partial charge in [0.25, 0.3) is 5.91 Å². The Hall–Kier alpha value is -2.93.